The van der Waals surface area contributed by atoms with Gasteiger partial charge in [-0.1, -0.05) is 0 Å². The molecule has 0 saturated heterocycles. The number of hydrogen-bond donors (Lipinski definition) is 0. The van der Waals surface area contributed by atoms with Crippen LogP contribution in [0.5, 0.6) is 0 Å². The zero-order chi connectivity index (χ0) is 15.6. The predicted molar refractivity (Wildman–Crippen MR) is 91.0 cm³/mol. The average Bonchev–Trinajstić information content (AvgIpc) is 2.45. The maximum atomic E-state index is 12.4. The quantitative estimate of drug-likeness (QED) is 0.329. The van der Waals surface area contributed by atoms with E-state index >= 15 is 0 Å². The molecule has 120 valence electrons. The molecule has 0 unspecified atom stereocenters. The van der Waals surface area contributed by atoms with E-state index in [2.05, 4.69) is 34.6 Å². The van der Waals surface area contributed by atoms with Gasteiger partial charge in [0.25, 0.3) is 0 Å². The Hall–Kier alpha value is 0.269. The Kier molecular flexibility index (Phi) is 10.2. The summed E-state index contributed by atoms with van der Waals surface area (Å²) in [5.74, 6) is 0.0524. The first-order valence-corrected chi connectivity index (χ1v) is 16.0. The van der Waals surface area contributed by atoms with Crippen LogP contribution in [0.1, 0.15) is 73.1 Å². The third kappa shape index (κ3) is 5.23. The number of rotatable bonds is 11. The van der Waals surface area contributed by atoms with Crippen LogP contribution in [-0.2, 0) is 9.53 Å². The number of hydrogen-bond acceptors (Lipinski definition) is 2. The minimum absolute atomic E-state index is 0.0524. The summed E-state index contributed by atoms with van der Waals surface area (Å²) in [7, 11) is 1.56. The van der Waals surface area contributed by atoms with Crippen LogP contribution in [0.25, 0.3) is 0 Å². The molecular formula is C17H36O2Sn. The molecule has 0 atom stereocenters. The molecule has 0 aromatic rings. The van der Waals surface area contributed by atoms with Crippen LogP contribution in [-0.4, -0.2) is 31.5 Å². The average molecular weight is 391 g/mol. The van der Waals surface area contributed by atoms with E-state index < -0.39 is 18.4 Å². The van der Waals surface area contributed by atoms with Gasteiger partial charge >= 0.3 is 131 Å². The summed E-state index contributed by atoms with van der Waals surface area (Å²) in [5.41, 5.74) is 0. The fourth-order valence-electron chi connectivity index (χ4n) is 3.33. The Bertz CT molecular complexity index is 252. The summed E-state index contributed by atoms with van der Waals surface area (Å²) >= 11 is -2.54. The summed E-state index contributed by atoms with van der Waals surface area (Å²) in [6.45, 7) is 11.2. The molecule has 0 amide bonds. The Morgan fingerprint density at radius 1 is 0.900 bits per heavy atom. The van der Waals surface area contributed by atoms with E-state index in [1.54, 1.807) is 7.11 Å². The molecule has 0 saturated carbocycles. The van der Waals surface area contributed by atoms with Gasteiger partial charge < -0.3 is 0 Å². The van der Waals surface area contributed by atoms with Crippen LogP contribution >= 0.6 is 0 Å². The molecule has 0 spiro atoms. The maximum absolute atomic E-state index is 12.4. The van der Waals surface area contributed by atoms with Gasteiger partial charge in [-0.15, -0.1) is 0 Å². The van der Waals surface area contributed by atoms with Gasteiger partial charge in [0.15, 0.2) is 0 Å². The number of esters is 1. The van der Waals surface area contributed by atoms with Crippen molar-refractivity contribution in [1.29, 1.82) is 0 Å². The molecule has 0 aliphatic heterocycles. The van der Waals surface area contributed by atoms with Gasteiger partial charge in [-0.2, -0.15) is 0 Å². The third-order valence-corrected chi connectivity index (χ3v) is 24.4. The van der Waals surface area contributed by atoms with Gasteiger partial charge in [0.2, 0.25) is 0 Å². The van der Waals surface area contributed by atoms with Crippen molar-refractivity contribution in [1.82, 2.24) is 0 Å². The first-order valence-electron chi connectivity index (χ1n) is 8.50. The van der Waals surface area contributed by atoms with Gasteiger partial charge in [0.1, 0.15) is 0 Å². The molecule has 0 aromatic carbocycles. The molecule has 3 heteroatoms. The summed E-state index contributed by atoms with van der Waals surface area (Å²) in [4.78, 5) is 12.4. The SMILES string of the molecule is CCC[CH2][Sn]([CH2]CCC)([CH2]CCC)[C](C)(C)C(=O)OC. The van der Waals surface area contributed by atoms with Crippen molar-refractivity contribution in [3.8, 4) is 0 Å². The van der Waals surface area contributed by atoms with Crippen molar-refractivity contribution in [3.63, 3.8) is 0 Å². The van der Waals surface area contributed by atoms with E-state index in [0.29, 0.717) is 0 Å². The van der Waals surface area contributed by atoms with Crippen LogP contribution in [0.2, 0.25) is 16.7 Å². The van der Waals surface area contributed by atoms with Crippen molar-refractivity contribution in [2.45, 2.75) is 89.9 Å². The van der Waals surface area contributed by atoms with Gasteiger partial charge in [-0.25, -0.2) is 0 Å². The van der Waals surface area contributed by atoms with Crippen molar-refractivity contribution < 1.29 is 9.53 Å². The number of carbonyl (C=O) groups excluding carboxylic acids is 1. The van der Waals surface area contributed by atoms with Crippen LogP contribution in [0.15, 0.2) is 0 Å². The number of carbonyl (C=O) groups is 1. The monoisotopic (exact) mass is 392 g/mol. The number of ether oxygens (including phenoxy) is 1. The standard InChI is InChI=1S/C5H9O2.3C4H9.Sn/c1-4(2)5(6)7-3;3*1-3-4-2;/h1-3H3;3*1,3-4H2,2H3;. The molecule has 0 radical (unpaired) electrons. The molecule has 0 bridgehead atoms. The van der Waals surface area contributed by atoms with Crippen LogP contribution in [0.4, 0.5) is 0 Å². The molecule has 0 rings (SSSR count). The topological polar surface area (TPSA) is 26.3 Å². The van der Waals surface area contributed by atoms with E-state index in [1.807, 2.05) is 0 Å². The third-order valence-electron chi connectivity index (χ3n) is 5.05. The molecule has 0 aliphatic rings. The van der Waals surface area contributed by atoms with Gasteiger partial charge in [-0.3, -0.25) is 0 Å². The second-order valence-corrected chi connectivity index (χ2v) is 21.9. The molecule has 20 heavy (non-hydrogen) atoms. The van der Waals surface area contributed by atoms with Crippen molar-refractivity contribution in [3.05, 3.63) is 0 Å². The van der Waals surface area contributed by atoms with E-state index in [9.17, 15) is 4.79 Å². The number of unbranched alkanes of at least 4 members (excludes halogenated alkanes) is 3. The van der Waals surface area contributed by atoms with Crippen LogP contribution < -0.4 is 0 Å². The Labute approximate surface area is 130 Å². The first-order chi connectivity index (χ1) is 9.41. The normalized spacial score (nSPS) is 12.5. The Morgan fingerprint density at radius 2 is 1.25 bits per heavy atom. The second-order valence-electron chi connectivity index (χ2n) is 6.71. The van der Waals surface area contributed by atoms with E-state index in [4.69, 9.17) is 4.74 Å². The molecule has 0 N–H and O–H groups in total. The summed E-state index contributed by atoms with van der Waals surface area (Å²) in [6.07, 6.45) is 7.62. The fourth-order valence-corrected chi connectivity index (χ4v) is 21.2. The molecule has 0 aliphatic carbocycles. The van der Waals surface area contributed by atoms with E-state index in [0.717, 1.165) is 0 Å². The first kappa shape index (κ1) is 20.3. The zero-order valence-electron chi connectivity index (χ0n) is 14.7. The van der Waals surface area contributed by atoms with Crippen LogP contribution in [0.3, 0.4) is 0 Å². The van der Waals surface area contributed by atoms with E-state index in [-0.39, 0.29) is 9.40 Å². The predicted octanol–water partition coefficient (Wildman–Crippen LogP) is 5.79. The minimum atomic E-state index is -2.54. The molecule has 0 fully saturated rings. The zero-order valence-corrected chi connectivity index (χ0v) is 17.5. The fraction of sp³-hybridized carbons (Fsp3) is 0.941. The van der Waals surface area contributed by atoms with Crippen molar-refractivity contribution >= 4 is 24.3 Å². The molecular weight excluding hydrogens is 355 g/mol. The molecule has 2 nitrogen and oxygen atoms in total. The van der Waals surface area contributed by atoms with Crippen LogP contribution in [0, 0.1) is 0 Å². The Morgan fingerprint density at radius 3 is 1.50 bits per heavy atom. The second kappa shape index (κ2) is 10.1. The van der Waals surface area contributed by atoms with Crippen molar-refractivity contribution in [2.24, 2.45) is 0 Å². The Balaban J connectivity index is 5.36. The molecule has 0 heterocycles. The van der Waals surface area contributed by atoms with Crippen molar-refractivity contribution in [2.75, 3.05) is 7.11 Å². The molecule has 0 aromatic heterocycles. The summed E-state index contributed by atoms with van der Waals surface area (Å²) < 4.78 is 9.06. The van der Waals surface area contributed by atoms with Gasteiger partial charge in [0, 0.05) is 0 Å². The van der Waals surface area contributed by atoms with E-state index in [1.165, 1.54) is 51.8 Å². The van der Waals surface area contributed by atoms with Gasteiger partial charge in [-0.05, 0) is 0 Å². The number of methoxy groups -OCH3 is 1. The van der Waals surface area contributed by atoms with Gasteiger partial charge in [0.05, 0.1) is 0 Å². The summed E-state index contributed by atoms with van der Waals surface area (Å²) in [6, 6.07) is 0. The summed E-state index contributed by atoms with van der Waals surface area (Å²) in [5, 5.41) is 0.